The van der Waals surface area contributed by atoms with Crippen LogP contribution in [0.4, 0.5) is 10.3 Å². The van der Waals surface area contributed by atoms with Gasteiger partial charge in [-0.15, -0.1) is 0 Å². The predicted molar refractivity (Wildman–Crippen MR) is 120 cm³/mol. The van der Waals surface area contributed by atoms with E-state index < -0.39 is 0 Å². The largest absolute Gasteiger partial charge is 0.338 e. The van der Waals surface area contributed by atoms with Crippen LogP contribution in [-0.4, -0.2) is 74.0 Å². The lowest BCUT2D eigenvalue weighted by Crippen LogP contribution is -2.53. The molecule has 0 unspecified atom stereocenters. The fourth-order valence-corrected chi connectivity index (χ4v) is 4.72. The van der Waals surface area contributed by atoms with Crippen LogP contribution in [0.3, 0.4) is 0 Å². The van der Waals surface area contributed by atoms with Gasteiger partial charge in [-0.1, -0.05) is 0 Å². The summed E-state index contributed by atoms with van der Waals surface area (Å²) in [5, 5.41) is 0.708. The lowest BCUT2D eigenvalue weighted by molar-refractivity contribution is -0.134. The molecule has 0 bridgehead atoms. The molecule has 5 rings (SSSR count). The highest BCUT2D eigenvalue weighted by molar-refractivity contribution is 5.86. The van der Waals surface area contributed by atoms with E-state index in [1.165, 1.54) is 12.1 Å². The Kier molecular flexibility index (Phi) is 5.50. The molecule has 0 saturated carbocycles. The fraction of sp³-hybridized carbons (Fsp3) is 0.478. The van der Waals surface area contributed by atoms with Gasteiger partial charge in [-0.3, -0.25) is 9.69 Å². The molecule has 1 aromatic carbocycles. The number of hydrogen-bond donors (Lipinski definition) is 0. The monoisotopic (exact) mass is 437 g/mol. The summed E-state index contributed by atoms with van der Waals surface area (Å²) in [5.41, 5.74) is 1.43. The van der Waals surface area contributed by atoms with E-state index >= 15 is 0 Å². The summed E-state index contributed by atoms with van der Waals surface area (Å²) in [6.45, 7) is 6.51. The number of fused-ring (bicyclic) bond motifs is 1. The van der Waals surface area contributed by atoms with Gasteiger partial charge in [-0.2, -0.15) is 0 Å². The quantitative estimate of drug-likeness (QED) is 0.623. The average Bonchev–Trinajstić information content (AvgIpc) is 3.44. The topological polar surface area (TPSA) is 70.4 Å². The second-order valence-electron chi connectivity index (χ2n) is 8.68. The van der Waals surface area contributed by atoms with Crippen LogP contribution in [0.25, 0.3) is 10.9 Å². The van der Waals surface area contributed by atoms with Crippen molar-refractivity contribution in [2.75, 3.05) is 37.6 Å². The normalized spacial score (nSPS) is 19.8. The van der Waals surface area contributed by atoms with Crippen molar-refractivity contribution in [2.24, 2.45) is 7.05 Å². The van der Waals surface area contributed by atoms with Crippen LogP contribution in [-0.2, 0) is 18.4 Å². The number of hydrogen-bond acceptors (Lipinski definition) is 6. The van der Waals surface area contributed by atoms with Gasteiger partial charge in [0, 0.05) is 57.6 Å². The van der Waals surface area contributed by atoms with E-state index in [-0.39, 0.29) is 17.8 Å². The van der Waals surface area contributed by atoms with Crippen molar-refractivity contribution in [3.8, 4) is 0 Å². The molecule has 2 aliphatic rings. The van der Waals surface area contributed by atoms with Crippen molar-refractivity contribution in [3.63, 3.8) is 0 Å². The molecule has 1 atom stereocenters. The summed E-state index contributed by atoms with van der Waals surface area (Å²) in [4.78, 5) is 33.4. The molecule has 8 nitrogen and oxygen atoms in total. The van der Waals surface area contributed by atoms with E-state index in [4.69, 9.17) is 0 Å². The Labute approximate surface area is 186 Å². The second kappa shape index (κ2) is 8.46. The average molecular weight is 438 g/mol. The number of benzene rings is 1. The molecule has 0 N–H and O–H groups in total. The number of carbonyl (C=O) groups excluding carboxylic acids is 1. The Morgan fingerprint density at radius 2 is 1.97 bits per heavy atom. The zero-order valence-electron chi connectivity index (χ0n) is 18.5. The molecule has 2 fully saturated rings. The Hall–Kier alpha value is -3.07. The number of piperazine rings is 1. The Bertz CT molecular complexity index is 1140. The summed E-state index contributed by atoms with van der Waals surface area (Å²) in [6.07, 6.45) is 5.50. The van der Waals surface area contributed by atoms with Crippen LogP contribution in [0.5, 0.6) is 0 Å². The summed E-state index contributed by atoms with van der Waals surface area (Å²) in [6, 6.07) is 4.31. The number of amides is 1. The lowest BCUT2D eigenvalue weighted by Gasteiger charge is -2.37. The third-order valence-corrected chi connectivity index (χ3v) is 6.60. The predicted octanol–water partition coefficient (Wildman–Crippen LogP) is 2.12. The van der Waals surface area contributed by atoms with E-state index in [0.717, 1.165) is 50.5 Å². The van der Waals surface area contributed by atoms with Crippen molar-refractivity contribution >= 4 is 22.8 Å². The standard InChI is InChI=1S/C23H28FN7O/c1-16-18-14-17(24)5-6-19(18)27-23(26-16)31-8-3-4-20(31)22(32)30-12-10-29(11-13-30)15-21-25-7-9-28(21)2/h5-7,9,14,20H,3-4,8,10-13,15H2,1-2H3/t20-/m1/s1. The minimum atomic E-state index is -0.298. The summed E-state index contributed by atoms with van der Waals surface area (Å²) in [5.74, 6) is 1.45. The smallest absolute Gasteiger partial charge is 0.245 e. The highest BCUT2D eigenvalue weighted by Gasteiger charge is 2.36. The summed E-state index contributed by atoms with van der Waals surface area (Å²) >= 11 is 0. The number of anilines is 1. The van der Waals surface area contributed by atoms with Crippen molar-refractivity contribution < 1.29 is 9.18 Å². The fourth-order valence-electron chi connectivity index (χ4n) is 4.72. The first kappa shape index (κ1) is 20.8. The first-order chi connectivity index (χ1) is 15.5. The SMILES string of the molecule is Cc1nc(N2CCC[C@@H]2C(=O)N2CCN(Cc3nccn3C)CC2)nc2ccc(F)cc12. The van der Waals surface area contributed by atoms with Crippen LogP contribution in [0, 0.1) is 12.7 Å². The molecule has 0 aliphatic carbocycles. The van der Waals surface area contributed by atoms with Crippen LogP contribution in [0.2, 0.25) is 0 Å². The Morgan fingerprint density at radius 1 is 1.16 bits per heavy atom. The molecule has 1 amide bonds. The van der Waals surface area contributed by atoms with E-state index in [1.54, 1.807) is 6.07 Å². The van der Waals surface area contributed by atoms with Crippen molar-refractivity contribution in [1.82, 2.24) is 29.3 Å². The lowest BCUT2D eigenvalue weighted by atomic mass is 10.1. The number of imidazole rings is 1. The molecule has 0 spiro atoms. The highest BCUT2D eigenvalue weighted by Crippen LogP contribution is 2.27. The first-order valence-electron chi connectivity index (χ1n) is 11.2. The van der Waals surface area contributed by atoms with Crippen LogP contribution < -0.4 is 4.90 Å². The zero-order valence-corrected chi connectivity index (χ0v) is 18.5. The van der Waals surface area contributed by atoms with Gasteiger partial charge >= 0.3 is 0 Å². The molecular formula is C23H28FN7O. The number of rotatable bonds is 4. The molecule has 9 heteroatoms. The Balaban J connectivity index is 1.28. The number of aryl methyl sites for hydroxylation is 2. The molecule has 2 aliphatic heterocycles. The van der Waals surface area contributed by atoms with Gasteiger partial charge in [0.25, 0.3) is 0 Å². The van der Waals surface area contributed by atoms with Gasteiger partial charge in [-0.25, -0.2) is 19.3 Å². The molecule has 3 aromatic rings. The van der Waals surface area contributed by atoms with Crippen LogP contribution >= 0.6 is 0 Å². The maximum absolute atomic E-state index is 13.6. The Morgan fingerprint density at radius 3 is 2.72 bits per heavy atom. The minimum absolute atomic E-state index is 0.152. The van der Waals surface area contributed by atoms with Crippen molar-refractivity contribution in [2.45, 2.75) is 32.4 Å². The first-order valence-corrected chi connectivity index (χ1v) is 11.2. The van der Waals surface area contributed by atoms with Gasteiger partial charge in [0.2, 0.25) is 11.9 Å². The van der Waals surface area contributed by atoms with Crippen LogP contribution in [0.1, 0.15) is 24.4 Å². The van der Waals surface area contributed by atoms with Gasteiger partial charge in [0.05, 0.1) is 17.8 Å². The van der Waals surface area contributed by atoms with E-state index in [9.17, 15) is 9.18 Å². The van der Waals surface area contributed by atoms with Crippen molar-refractivity contribution in [3.05, 3.63) is 47.9 Å². The number of carbonyl (C=O) groups is 1. The summed E-state index contributed by atoms with van der Waals surface area (Å²) < 4.78 is 15.7. The third-order valence-electron chi connectivity index (χ3n) is 6.60. The molecule has 0 radical (unpaired) electrons. The van der Waals surface area contributed by atoms with Gasteiger partial charge in [0.15, 0.2) is 0 Å². The zero-order chi connectivity index (χ0) is 22.2. The number of nitrogens with zero attached hydrogens (tertiary/aromatic N) is 7. The van der Waals surface area contributed by atoms with Gasteiger partial charge in [0.1, 0.15) is 17.7 Å². The van der Waals surface area contributed by atoms with Gasteiger partial charge in [-0.05, 0) is 38.0 Å². The van der Waals surface area contributed by atoms with E-state index in [0.29, 0.717) is 29.9 Å². The van der Waals surface area contributed by atoms with E-state index in [2.05, 4.69) is 19.9 Å². The molecular weight excluding hydrogens is 409 g/mol. The minimum Gasteiger partial charge on any atom is -0.338 e. The molecule has 2 saturated heterocycles. The van der Waals surface area contributed by atoms with Gasteiger partial charge < -0.3 is 14.4 Å². The number of halogens is 1. The maximum atomic E-state index is 13.6. The molecule has 2 aromatic heterocycles. The molecule has 4 heterocycles. The second-order valence-corrected chi connectivity index (χ2v) is 8.68. The maximum Gasteiger partial charge on any atom is 0.245 e. The third kappa shape index (κ3) is 3.92. The molecule has 32 heavy (non-hydrogen) atoms. The number of aromatic nitrogens is 4. The summed E-state index contributed by atoms with van der Waals surface area (Å²) in [7, 11) is 2.00. The van der Waals surface area contributed by atoms with Crippen molar-refractivity contribution in [1.29, 1.82) is 0 Å². The molecule has 168 valence electrons. The highest BCUT2D eigenvalue weighted by atomic mass is 19.1. The van der Waals surface area contributed by atoms with Crippen LogP contribution in [0.15, 0.2) is 30.6 Å². The van der Waals surface area contributed by atoms with E-state index in [1.807, 2.05) is 40.7 Å².